The van der Waals surface area contributed by atoms with E-state index >= 15 is 9.59 Å². The van der Waals surface area contributed by atoms with Gasteiger partial charge < -0.3 is 28.7 Å². The Morgan fingerprint density at radius 1 is 0.573 bits per heavy atom. The zero-order valence-corrected chi connectivity index (χ0v) is 52.8. The molecule has 2 aliphatic carbocycles. The predicted molar refractivity (Wildman–Crippen MR) is 362 cm³/mol. The average Bonchev–Trinajstić information content (AvgIpc) is 1.51. The monoisotopic (exact) mass is 1400 g/mol. The maximum Gasteiger partial charge on any atom is 0.416 e. The van der Waals surface area contributed by atoms with Crippen LogP contribution in [0.1, 0.15) is 157 Å². The van der Waals surface area contributed by atoms with E-state index in [9.17, 15) is 55.7 Å². The Morgan fingerprint density at radius 2 is 1.04 bits per heavy atom. The molecule has 0 N–H and O–H groups in total. The molecule has 0 saturated carbocycles. The molecule has 0 spiro atoms. The van der Waals surface area contributed by atoms with E-state index in [1.54, 1.807) is 0 Å². The minimum Gasteiger partial charge on any atom is -0.336 e. The number of likely N-dealkylation sites (N-methyl/N-ethyl adjacent to an activating group) is 2. The molecular weight excluding hydrogens is 1280 g/mol. The number of fused-ring (bicyclic) bond motifs is 2. The number of carbonyl (C=O) groups is 2. The normalized spacial score (nSPS) is 23.0. The van der Waals surface area contributed by atoms with Gasteiger partial charge in [-0.15, -0.1) is 0 Å². The van der Waals surface area contributed by atoms with Crippen molar-refractivity contribution in [2.24, 2.45) is 5.89 Å². The second kappa shape index (κ2) is 32.9. The van der Waals surface area contributed by atoms with E-state index in [-0.39, 0.29) is 67.8 Å². The number of nitrogens with zero attached hydrogens (tertiary/aromatic N) is 8. The Balaban J connectivity index is 0.000000305. The van der Waals surface area contributed by atoms with Crippen molar-refractivity contribution >= 4 is 35.3 Å². The lowest BCUT2D eigenvalue weighted by Gasteiger charge is -2.28. The van der Waals surface area contributed by atoms with Crippen LogP contribution in [0.3, 0.4) is 0 Å². The Bertz CT molecular complexity index is 6100. The highest BCUT2D eigenvalue weighted by Crippen LogP contribution is 2.35. The molecular formula is C74H80F8N8O4S2. The van der Waals surface area contributed by atoms with E-state index < -0.39 is 329 Å². The number of alkyl halides is 6. The number of carbonyl (C=O) groups excluding carboxylic acids is 2. The number of hydrogen-bond acceptors (Lipinski definition) is 10. The lowest BCUT2D eigenvalue weighted by molar-refractivity contribution is -0.138. The van der Waals surface area contributed by atoms with Gasteiger partial charge in [-0.05, 0) is 169 Å². The first-order valence-electron chi connectivity index (χ1n) is 48.3. The third kappa shape index (κ3) is 19.0. The van der Waals surface area contributed by atoms with Gasteiger partial charge in [0.05, 0.1) is 42.7 Å². The van der Waals surface area contributed by atoms with Crippen molar-refractivity contribution in [1.29, 1.82) is 0 Å². The summed E-state index contributed by atoms with van der Waals surface area (Å²) >= 11 is -0.622. The third-order valence-electron chi connectivity index (χ3n) is 13.6. The summed E-state index contributed by atoms with van der Waals surface area (Å²) in [7, 11) is 0. The van der Waals surface area contributed by atoms with Gasteiger partial charge in [-0.25, -0.2) is 8.78 Å². The third-order valence-corrected chi connectivity index (χ3v) is 15.2. The summed E-state index contributed by atoms with van der Waals surface area (Å²) in [6.07, 6.45) is -17.1. The first-order chi connectivity index (χ1) is 61.3. The van der Waals surface area contributed by atoms with E-state index in [2.05, 4.69) is 9.97 Å². The molecule has 8 aromatic rings. The molecule has 2 aromatic heterocycles. The van der Waals surface area contributed by atoms with Crippen LogP contribution in [0.5, 0.6) is 0 Å². The van der Waals surface area contributed by atoms with Gasteiger partial charge in [-0.2, -0.15) is 36.3 Å². The topological polar surface area (TPSA) is 117 Å². The standard InChI is InChI=1S/2C37H40F4N4O2S/c1-4-43(5-2)18-19-44(22-26-6-10-28(11-7-26)29-12-14-30(15-13-29)37(39,40)41)34(46)23-45-33-21-25(3)20-32(33)35(47)42-36(45)48-24-27-8-16-31(38)17-9-27;1-4-43(5-2)19-20-44(22-29-12-11-28(21-25(29)3)27-13-15-30(16-14-27)37(39,40)41)34(46)23-45-33-8-6-7-32(33)35(47)42-36(45)48-24-26-9-17-31(38)18-10-26/h6-17,25H,4-5,18-24H2,1-3H3;9-18,21H,4-8,19-20,22-24H2,1-3H3/i4D2,5D2,8D,9D,16D,17D,20D2,21D2,22D2,23D2,24D2,25D;4D2,5D2,9D,10D,11D,12D,13D,14D,15D,16D,17D,18D,21D,22D2,23D2,24D2. The Hall–Kier alpha value is -7.92. The van der Waals surface area contributed by atoms with Gasteiger partial charge in [0.25, 0.3) is 11.1 Å². The highest BCUT2D eigenvalue weighted by Gasteiger charge is 2.33. The first kappa shape index (κ1) is 36.1. The minimum absolute atomic E-state index is 0.0370. The van der Waals surface area contributed by atoms with Crippen LogP contribution in [-0.2, 0) is 84.9 Å². The molecule has 6 aromatic carbocycles. The quantitative estimate of drug-likeness (QED) is 0.0295. The van der Waals surface area contributed by atoms with Crippen molar-refractivity contribution in [2.75, 3.05) is 52.2 Å². The molecule has 2 amide bonds. The van der Waals surface area contributed by atoms with Crippen LogP contribution in [-0.4, -0.2) is 103 Å². The molecule has 0 radical (unpaired) electrons. The van der Waals surface area contributed by atoms with Gasteiger partial charge >= 0.3 is 12.4 Å². The summed E-state index contributed by atoms with van der Waals surface area (Å²) in [5.74, 6) is -10.4. The van der Waals surface area contributed by atoms with Crippen molar-refractivity contribution < 1.29 is 99.5 Å². The van der Waals surface area contributed by atoms with Crippen LogP contribution >= 0.6 is 23.5 Å². The molecule has 96 heavy (non-hydrogen) atoms. The molecule has 0 aliphatic heterocycles. The molecule has 10 rings (SSSR count). The van der Waals surface area contributed by atoms with Crippen LogP contribution in [0.2, 0.25) is 0 Å². The first-order valence-corrected chi connectivity index (χ1v) is 29.9. The zero-order chi connectivity index (χ0) is 104. The van der Waals surface area contributed by atoms with E-state index in [1.165, 1.54) is 12.1 Å². The molecule has 12 nitrogen and oxygen atoms in total. The number of aromatic nitrogens is 4. The predicted octanol–water partition coefficient (Wildman–Crippen LogP) is 15.0. The lowest BCUT2D eigenvalue weighted by atomic mass is 9.98. The number of halogens is 8. The minimum atomic E-state index is -5.40. The number of rotatable bonds is 26. The summed E-state index contributed by atoms with van der Waals surface area (Å²) in [4.78, 5) is 66.0. The van der Waals surface area contributed by atoms with Gasteiger partial charge in [-0.3, -0.25) is 19.2 Å². The number of thioether (sulfide) groups is 2. The second-order valence-corrected chi connectivity index (χ2v) is 21.5. The molecule has 1 unspecified atom stereocenters. The Labute approximate surface area is 620 Å². The average molecular weight is 1400 g/mol. The number of benzene rings is 6. The molecule has 508 valence electrons. The second-order valence-electron chi connectivity index (χ2n) is 19.9. The van der Waals surface area contributed by atoms with Crippen LogP contribution in [0, 0.1) is 24.5 Å². The Morgan fingerprint density at radius 3 is 1.54 bits per heavy atom. The van der Waals surface area contributed by atoms with Crippen molar-refractivity contribution in [3.8, 4) is 22.3 Å². The molecule has 2 heterocycles. The van der Waals surface area contributed by atoms with Gasteiger partial charge in [-0.1, -0.05) is 149 Å². The van der Waals surface area contributed by atoms with Crippen molar-refractivity contribution in [1.82, 2.24) is 38.7 Å². The molecule has 0 bridgehead atoms. The van der Waals surface area contributed by atoms with Gasteiger partial charge in [0.2, 0.25) is 11.8 Å². The summed E-state index contributed by atoms with van der Waals surface area (Å²) in [6, 6.07) is -11.5. The summed E-state index contributed by atoms with van der Waals surface area (Å²) < 4.78 is 456. The molecule has 2 aliphatic rings. The molecule has 22 heteroatoms. The van der Waals surface area contributed by atoms with Gasteiger partial charge in [0.1, 0.15) is 24.6 Å². The SMILES string of the molecule is [2H]c1c([2H])c(C([2H])([2H])Sc2nc(=O)c3c(n2C([2H])([2H])C(=O)N(CCN(C([2H])([2H])C)C([2H])([2H])C)C([2H])([2H])c2c([2H])c([2H])c(-c4c([2H])c([2H])c(C(F)(F)F)c([2H])c4[2H])c([2H])c2C)CCC3)c([2H])c([2H])c1F.[2H]c1c([2H])c(C([2H])([2H])Sc2nc(=O)c3c(n2C([2H])([2H])C(=O)N(CCN(C([2H])([2H])C)C([2H])([2H])C)C([2H])([2H])c2ccc(-c4ccc(C(F)(F)F)cc4)cc2)C([2H])([2H])C([2H])(C)C3([2H])[2H])c([2H])c([2H])c1F. The zero-order valence-electron chi connectivity index (χ0n) is 91.1. The fraction of sp³-hybridized carbons (Fsp3) is 0.378. The van der Waals surface area contributed by atoms with Crippen LogP contribution < -0.4 is 11.1 Å². The molecule has 0 fully saturated rings. The maximum absolute atomic E-state index is 15.1. The van der Waals surface area contributed by atoms with Crippen molar-refractivity contribution in [2.45, 2.75) is 134 Å². The van der Waals surface area contributed by atoms with E-state index in [1.807, 2.05) is 0 Å². The van der Waals surface area contributed by atoms with E-state index in [0.29, 0.717) is 21.3 Å². The highest BCUT2D eigenvalue weighted by molar-refractivity contribution is 7.98. The fourth-order valence-corrected chi connectivity index (χ4v) is 10.2. The van der Waals surface area contributed by atoms with Gasteiger partial charge in [0.15, 0.2) is 10.3 Å². The fourth-order valence-electron chi connectivity index (χ4n) is 8.89. The van der Waals surface area contributed by atoms with Crippen LogP contribution in [0.4, 0.5) is 35.1 Å². The van der Waals surface area contributed by atoms with Crippen LogP contribution in [0.15, 0.2) is 159 Å². The summed E-state index contributed by atoms with van der Waals surface area (Å²) in [6.45, 7) is -24.0. The van der Waals surface area contributed by atoms with Gasteiger partial charge in [0, 0.05) is 96.4 Å². The maximum atomic E-state index is 15.1. The van der Waals surface area contributed by atoms with Crippen molar-refractivity contribution in [3.05, 3.63) is 233 Å². The van der Waals surface area contributed by atoms with Crippen molar-refractivity contribution in [3.63, 3.8) is 0 Å². The molecule has 1 atom stereocenters. The Kier molecular flexibility index (Phi) is 12.4. The van der Waals surface area contributed by atoms with E-state index in [0.717, 1.165) is 71.0 Å². The summed E-state index contributed by atoms with van der Waals surface area (Å²) in [5.41, 5.74) is -21.7. The molecule has 0 saturated heterocycles. The van der Waals surface area contributed by atoms with E-state index in [4.69, 9.17) is 43.9 Å². The van der Waals surface area contributed by atoms with Crippen LogP contribution in [0.25, 0.3) is 22.3 Å². The highest BCUT2D eigenvalue weighted by atomic mass is 32.2. The number of hydrogen-bond donors (Lipinski definition) is 0. The summed E-state index contributed by atoms with van der Waals surface area (Å²) in [5, 5.41) is -2.36. The smallest absolute Gasteiger partial charge is 0.336 e. The largest absolute Gasteiger partial charge is 0.416 e. The lowest BCUT2D eigenvalue weighted by Crippen LogP contribution is -2.40. The number of amides is 2.